The van der Waals surface area contributed by atoms with E-state index in [1.165, 1.54) is 45.3 Å². The van der Waals surface area contributed by atoms with Gasteiger partial charge < -0.3 is 33.6 Å². The fraction of sp³-hybridized carbons (Fsp3) is 0.443. The van der Waals surface area contributed by atoms with Crippen LogP contribution in [-0.4, -0.2) is 179 Å². The Morgan fingerprint density at radius 3 is 0.929 bits per heavy atom. The molecule has 4 saturated heterocycles. The van der Waals surface area contributed by atoms with Crippen molar-refractivity contribution >= 4 is 96.0 Å². The molecule has 99 heavy (non-hydrogen) atoms. The van der Waals surface area contributed by atoms with Gasteiger partial charge in [-0.1, -0.05) is 20.8 Å². The number of amides is 3. The lowest BCUT2D eigenvalue weighted by Gasteiger charge is -2.39. The number of Topliss-reactive ketones (excluding diaryl/α,β-unsaturated/α-hetero) is 4. The number of thiazole rings is 4. The van der Waals surface area contributed by atoms with Crippen molar-refractivity contribution in [3.63, 3.8) is 0 Å². The molecule has 12 heterocycles. The van der Waals surface area contributed by atoms with Crippen molar-refractivity contribution in [1.82, 2.24) is 54.6 Å². The van der Waals surface area contributed by atoms with Crippen LogP contribution in [0, 0.1) is 61.3 Å². The highest BCUT2D eigenvalue weighted by atomic mass is 32.2. The van der Waals surface area contributed by atoms with Gasteiger partial charge in [0.25, 0.3) is 0 Å². The fourth-order valence-electron chi connectivity index (χ4n) is 10.5. The molecule has 29 heteroatoms. The van der Waals surface area contributed by atoms with Crippen LogP contribution >= 0.6 is 45.3 Å². The number of carbonyl (C=O) groups is 7. The molecule has 8 aromatic heterocycles. The average molecular weight is 1440 g/mol. The van der Waals surface area contributed by atoms with Crippen LogP contribution in [0.5, 0.6) is 23.0 Å². The zero-order valence-corrected chi connectivity index (χ0v) is 61.6. The van der Waals surface area contributed by atoms with Crippen LogP contribution in [0.2, 0.25) is 0 Å². The van der Waals surface area contributed by atoms with Crippen molar-refractivity contribution in [1.29, 1.82) is 0 Å². The molecule has 0 atom stereocenters. The third-order valence-electron chi connectivity index (χ3n) is 15.4. The highest BCUT2D eigenvalue weighted by molar-refractivity contribution is 7.92. The van der Waals surface area contributed by atoms with Gasteiger partial charge in [-0.15, -0.1) is 45.3 Å². The van der Waals surface area contributed by atoms with Crippen LogP contribution in [-0.2, 0) is 49.9 Å². The SMILES string of the molecule is CC(=O)N1CC(Oc2cc(C)nc(C(=O)Cc3nc(C)cs3)c2)C1.CCC(=O)N1CC(Oc2cc(C)nc(C(=O)Cc3nc(C)cs3)c2)C1.Cc1cc(OC2CN(C(=O)CC(C)C)C2)cc(C(=O)Cc2nc(C)cs2)n1.Cc1cc(OC2CS(=O)(=O)C2)cc(C(=O)Cc2nc(C)cs2)n1. The quantitative estimate of drug-likeness (QED) is 0.0538. The van der Waals surface area contributed by atoms with Crippen LogP contribution < -0.4 is 18.9 Å². The monoisotopic (exact) mass is 1440 g/mol. The predicted molar refractivity (Wildman–Crippen MR) is 377 cm³/mol. The first-order valence-corrected chi connectivity index (χ1v) is 37.7. The summed E-state index contributed by atoms with van der Waals surface area (Å²) in [6.07, 6.45) is 1.58. The van der Waals surface area contributed by atoms with E-state index >= 15 is 0 Å². The van der Waals surface area contributed by atoms with Crippen LogP contribution in [0.15, 0.2) is 70.1 Å². The minimum Gasteiger partial charge on any atom is -0.488 e. The molecule has 0 aliphatic carbocycles. The van der Waals surface area contributed by atoms with Gasteiger partial charge in [-0.3, -0.25) is 33.6 Å². The topological polar surface area (TPSA) is 303 Å². The maximum atomic E-state index is 12.5. The highest BCUT2D eigenvalue weighted by Gasteiger charge is 2.37. The van der Waals surface area contributed by atoms with Crippen molar-refractivity contribution < 1.29 is 60.9 Å². The van der Waals surface area contributed by atoms with Gasteiger partial charge in [-0.05, 0) is 61.3 Å². The number of aryl methyl sites for hydroxylation is 8. The third kappa shape index (κ3) is 22.2. The number of pyridine rings is 4. The highest BCUT2D eigenvalue weighted by Crippen LogP contribution is 2.28. The zero-order valence-electron chi connectivity index (χ0n) is 57.5. The van der Waals surface area contributed by atoms with E-state index in [-0.39, 0.29) is 102 Å². The Hall–Kier alpha value is -8.64. The third-order valence-corrected chi connectivity index (χ3v) is 21.1. The number of likely N-dealkylation sites (tertiary alicyclic amines) is 3. The predicted octanol–water partition coefficient (Wildman–Crippen LogP) is 9.74. The van der Waals surface area contributed by atoms with Gasteiger partial charge in [-0.25, -0.2) is 48.3 Å². The number of hydrogen-bond donors (Lipinski definition) is 0. The Morgan fingerprint density at radius 2 is 0.687 bits per heavy atom. The molecule has 4 aliphatic rings. The van der Waals surface area contributed by atoms with Crippen molar-refractivity contribution in [2.24, 2.45) is 5.92 Å². The molecular formula is C70H81N11O13S5. The van der Waals surface area contributed by atoms with Gasteiger partial charge in [0.05, 0.1) is 76.5 Å². The molecule has 4 aliphatic heterocycles. The van der Waals surface area contributed by atoms with Gasteiger partial charge in [0, 0.05) is 135 Å². The summed E-state index contributed by atoms with van der Waals surface area (Å²) < 4.78 is 45.7. The summed E-state index contributed by atoms with van der Waals surface area (Å²) in [7, 11) is -2.94. The Bertz CT molecular complexity index is 4360. The van der Waals surface area contributed by atoms with Crippen LogP contribution in [0.25, 0.3) is 0 Å². The molecule has 12 rings (SSSR count). The normalized spacial score (nSPS) is 14.9. The van der Waals surface area contributed by atoms with E-state index in [1.807, 2.05) is 108 Å². The summed E-state index contributed by atoms with van der Waals surface area (Å²) in [6, 6.07) is 13.8. The summed E-state index contributed by atoms with van der Waals surface area (Å²) in [5.41, 5.74) is 8.00. The number of hydrogen-bond acceptors (Lipinski definition) is 25. The molecule has 3 amide bonds. The maximum Gasteiger partial charge on any atom is 0.223 e. The Kier molecular flexibility index (Phi) is 25.2. The average Bonchev–Trinajstić information content (AvgIpc) is 1.82. The van der Waals surface area contributed by atoms with E-state index in [0.717, 1.165) is 59.9 Å². The lowest BCUT2D eigenvalue weighted by Crippen LogP contribution is -2.56. The second-order valence-corrected chi connectivity index (χ2v) is 31.2. The van der Waals surface area contributed by atoms with E-state index in [0.29, 0.717) is 109 Å². The Morgan fingerprint density at radius 1 is 0.414 bits per heavy atom. The minimum absolute atomic E-state index is 0.0239. The first kappa shape index (κ1) is 74.6. The number of ether oxygens (including phenoxy) is 4. The van der Waals surface area contributed by atoms with Crippen molar-refractivity contribution in [2.45, 2.75) is 146 Å². The van der Waals surface area contributed by atoms with E-state index in [4.69, 9.17) is 18.9 Å². The van der Waals surface area contributed by atoms with Crippen LogP contribution in [0.1, 0.15) is 148 Å². The summed E-state index contributed by atoms with van der Waals surface area (Å²) in [5.74, 6) is 2.78. The standard InChI is InChI=1S/C20H25N3O3S.C18H21N3O3S.C17H19N3O3S.C15H16N2O4S2/c1-12(2)5-20(25)23-9-16(10-23)26-15-6-13(3)21-17(7-15)18(24)8-19-22-14(4)11-27-19;1-4-18(23)21-8-14(9-21)24-13-5-11(2)19-15(6-13)16(22)7-17-20-12(3)10-25-17;1-10-4-13(23-14-7-20(8-14)12(3)21)5-15(18-10)16(22)6-17-19-11(2)9-24-17;1-9-3-11(21-12-7-23(19,20)8-12)4-13(16-9)14(18)5-15-17-10(2)6-22-15/h6-7,11-12,16H,5,8-10H2,1-4H3;5-6,10,14H,4,7-9H2,1-3H3;4-5,9,14H,6-8H2,1-3H3;3-4,6,12H,5,7-8H2,1-2H3. The maximum absolute atomic E-state index is 12.5. The zero-order chi connectivity index (χ0) is 71.4. The molecular weight excluding hydrogens is 1360 g/mol. The molecule has 0 saturated carbocycles. The number of aromatic nitrogens is 8. The van der Waals surface area contributed by atoms with Crippen molar-refractivity contribution in [3.8, 4) is 23.0 Å². The lowest BCUT2D eigenvalue weighted by molar-refractivity contribution is -0.141. The van der Waals surface area contributed by atoms with Crippen molar-refractivity contribution in [3.05, 3.63) is 158 Å². The summed E-state index contributed by atoms with van der Waals surface area (Å²) in [6.45, 7) is 25.9. The molecule has 8 aromatic rings. The number of rotatable bonds is 23. The Labute approximate surface area is 592 Å². The number of ketones is 4. The van der Waals surface area contributed by atoms with Crippen molar-refractivity contribution in [2.75, 3.05) is 50.8 Å². The van der Waals surface area contributed by atoms with Gasteiger partial charge in [0.1, 0.15) is 90.2 Å². The van der Waals surface area contributed by atoms with E-state index in [2.05, 4.69) is 39.9 Å². The smallest absolute Gasteiger partial charge is 0.223 e. The van der Waals surface area contributed by atoms with Gasteiger partial charge >= 0.3 is 0 Å². The molecule has 0 aromatic carbocycles. The van der Waals surface area contributed by atoms with Gasteiger partial charge in [0.15, 0.2) is 33.0 Å². The molecule has 0 N–H and O–H groups in total. The second kappa shape index (κ2) is 33.5. The number of sulfone groups is 1. The lowest BCUT2D eigenvalue weighted by atomic mass is 10.1. The molecule has 0 spiro atoms. The molecule has 24 nitrogen and oxygen atoms in total. The van der Waals surface area contributed by atoms with E-state index in [1.54, 1.807) is 60.0 Å². The fourth-order valence-corrected chi connectivity index (χ4v) is 14.8. The van der Waals surface area contributed by atoms with E-state index in [9.17, 15) is 42.0 Å². The summed E-state index contributed by atoms with van der Waals surface area (Å²) in [4.78, 5) is 124. The number of nitrogens with zero attached hydrogens (tertiary/aromatic N) is 11. The van der Waals surface area contributed by atoms with Crippen LogP contribution in [0.3, 0.4) is 0 Å². The largest absolute Gasteiger partial charge is 0.488 e. The minimum atomic E-state index is -2.94. The number of carbonyl (C=O) groups excluding carboxylic acids is 7. The molecule has 4 fully saturated rings. The molecule has 524 valence electrons. The van der Waals surface area contributed by atoms with Crippen LogP contribution in [0.4, 0.5) is 0 Å². The van der Waals surface area contributed by atoms with E-state index < -0.39 is 9.84 Å². The second-order valence-electron chi connectivity index (χ2n) is 25.3. The molecule has 0 unspecified atom stereocenters. The summed E-state index contributed by atoms with van der Waals surface area (Å²) in [5, 5.41) is 10.8. The van der Waals surface area contributed by atoms with Gasteiger partial charge in [0.2, 0.25) is 17.7 Å². The first-order valence-electron chi connectivity index (χ1n) is 32.3. The van der Waals surface area contributed by atoms with Gasteiger partial charge in [-0.2, -0.15) is 0 Å². The molecule has 0 bridgehead atoms. The summed E-state index contributed by atoms with van der Waals surface area (Å²) >= 11 is 5.89. The molecule has 0 radical (unpaired) electrons. The Balaban J connectivity index is 0.000000154. The first-order chi connectivity index (χ1) is 46.9.